The summed E-state index contributed by atoms with van der Waals surface area (Å²) in [7, 11) is -3.41. The molecule has 152 valence electrons. The van der Waals surface area contributed by atoms with Gasteiger partial charge in [0.25, 0.3) is 0 Å². The van der Waals surface area contributed by atoms with Crippen molar-refractivity contribution in [2.24, 2.45) is 0 Å². The Morgan fingerprint density at radius 1 is 1.21 bits per heavy atom. The smallest absolute Gasteiger partial charge is 0.399 e. The second kappa shape index (κ2) is 6.89. The molecule has 0 saturated carbocycles. The molecule has 3 N–H and O–H groups in total. The average molecular weight is 415 g/mol. The number of alkyl halides is 3. The number of nitrogens with two attached hydrogens (primary N) is 1. The molecule has 2 aromatic rings. The van der Waals surface area contributed by atoms with E-state index < -0.39 is 27.8 Å². The number of hydrogen-bond donors (Lipinski definition) is 2. The maximum atomic E-state index is 13.1. The van der Waals surface area contributed by atoms with Gasteiger partial charge in [-0.3, -0.25) is 0 Å². The van der Waals surface area contributed by atoms with Crippen LogP contribution in [0.25, 0.3) is 0 Å². The van der Waals surface area contributed by atoms with Crippen LogP contribution in [0.2, 0.25) is 0 Å². The van der Waals surface area contributed by atoms with Crippen molar-refractivity contribution in [2.75, 3.05) is 17.3 Å². The van der Waals surface area contributed by atoms with E-state index in [0.717, 1.165) is 18.4 Å². The minimum atomic E-state index is -4.51. The van der Waals surface area contributed by atoms with Crippen molar-refractivity contribution in [1.82, 2.24) is 14.3 Å². The van der Waals surface area contributed by atoms with Crippen LogP contribution in [-0.4, -0.2) is 28.9 Å². The van der Waals surface area contributed by atoms with E-state index in [1.807, 2.05) is 0 Å². The van der Waals surface area contributed by atoms with Crippen molar-refractivity contribution in [2.45, 2.75) is 39.2 Å². The lowest BCUT2D eigenvalue weighted by Gasteiger charge is -2.19. The quantitative estimate of drug-likeness (QED) is 0.745. The maximum absolute atomic E-state index is 13.1. The minimum Gasteiger partial charge on any atom is -0.399 e. The van der Waals surface area contributed by atoms with Crippen LogP contribution in [0.3, 0.4) is 0 Å². The summed E-state index contributed by atoms with van der Waals surface area (Å²) in [5.41, 5.74) is 6.35. The molecular weight excluding hydrogens is 395 g/mol. The summed E-state index contributed by atoms with van der Waals surface area (Å²) >= 11 is 0. The van der Waals surface area contributed by atoms with Gasteiger partial charge in [-0.1, -0.05) is 0 Å². The van der Waals surface area contributed by atoms with E-state index in [4.69, 9.17) is 5.73 Å². The lowest BCUT2D eigenvalue weighted by Crippen LogP contribution is -2.24. The Kier molecular flexibility index (Phi) is 5.00. The molecule has 0 amide bonds. The first kappa shape index (κ1) is 20.3. The van der Waals surface area contributed by atoms with E-state index in [9.17, 15) is 21.6 Å². The fourth-order valence-electron chi connectivity index (χ4n) is 3.08. The van der Waals surface area contributed by atoms with Crippen molar-refractivity contribution in [3.05, 3.63) is 46.4 Å². The van der Waals surface area contributed by atoms with E-state index in [1.165, 1.54) is 10.4 Å². The van der Waals surface area contributed by atoms with Gasteiger partial charge < -0.3 is 11.1 Å². The predicted octanol–water partition coefficient (Wildman–Crippen LogP) is 2.83. The molecule has 3 rings (SSSR count). The highest BCUT2D eigenvalue weighted by atomic mass is 32.2. The van der Waals surface area contributed by atoms with Crippen LogP contribution in [0.1, 0.15) is 41.2 Å². The van der Waals surface area contributed by atoms with E-state index in [1.54, 1.807) is 13.8 Å². The minimum absolute atomic E-state index is 0.00539. The zero-order valence-electron chi connectivity index (χ0n) is 15.5. The van der Waals surface area contributed by atoms with Crippen molar-refractivity contribution < 1.29 is 21.6 Å². The van der Waals surface area contributed by atoms with Gasteiger partial charge in [0.2, 0.25) is 10.0 Å². The number of fused-ring (bicyclic) bond motifs is 1. The summed E-state index contributed by atoms with van der Waals surface area (Å²) in [6.45, 7) is 3.59. The number of benzene rings is 1. The van der Waals surface area contributed by atoms with Gasteiger partial charge in [0.05, 0.1) is 30.1 Å². The van der Waals surface area contributed by atoms with E-state index >= 15 is 0 Å². The lowest BCUT2D eigenvalue weighted by molar-refractivity contribution is -0.137. The molecule has 1 aliphatic heterocycles. The number of sulfonamides is 1. The largest absolute Gasteiger partial charge is 0.416 e. The predicted molar refractivity (Wildman–Crippen MR) is 98.8 cm³/mol. The molecule has 28 heavy (non-hydrogen) atoms. The topological polar surface area (TPSA) is 101 Å². The molecule has 11 heteroatoms. The fourth-order valence-corrected chi connectivity index (χ4v) is 3.80. The van der Waals surface area contributed by atoms with Gasteiger partial charge in [-0.05, 0) is 37.6 Å². The van der Waals surface area contributed by atoms with E-state index in [-0.39, 0.29) is 18.8 Å². The zero-order valence-corrected chi connectivity index (χ0v) is 16.3. The van der Waals surface area contributed by atoms with Gasteiger partial charge in [-0.2, -0.15) is 17.5 Å². The van der Waals surface area contributed by atoms with Gasteiger partial charge in [0.1, 0.15) is 11.6 Å². The Bertz CT molecular complexity index is 1020. The van der Waals surface area contributed by atoms with Crippen molar-refractivity contribution in [1.29, 1.82) is 0 Å². The molecule has 1 aromatic heterocycles. The van der Waals surface area contributed by atoms with Crippen LogP contribution in [0.4, 0.5) is 24.7 Å². The summed E-state index contributed by atoms with van der Waals surface area (Å²) in [6, 6.07) is 2.83. The Morgan fingerprint density at radius 2 is 1.89 bits per heavy atom. The normalized spacial score (nSPS) is 16.1. The first-order valence-electron chi connectivity index (χ1n) is 8.40. The Labute approximate surface area is 160 Å². The van der Waals surface area contributed by atoms with Gasteiger partial charge in [0.15, 0.2) is 0 Å². The van der Waals surface area contributed by atoms with Crippen LogP contribution in [0.15, 0.2) is 18.2 Å². The van der Waals surface area contributed by atoms with E-state index in [2.05, 4.69) is 15.3 Å². The van der Waals surface area contributed by atoms with Crippen LogP contribution >= 0.6 is 0 Å². The van der Waals surface area contributed by atoms with Crippen molar-refractivity contribution in [3.8, 4) is 0 Å². The van der Waals surface area contributed by atoms with Crippen LogP contribution in [-0.2, 0) is 29.3 Å². The third-order valence-corrected chi connectivity index (χ3v) is 5.69. The molecule has 0 fully saturated rings. The summed E-state index contributed by atoms with van der Waals surface area (Å²) in [4.78, 5) is 8.62. The van der Waals surface area contributed by atoms with Gasteiger partial charge >= 0.3 is 6.18 Å². The maximum Gasteiger partial charge on any atom is 0.416 e. The number of anilines is 2. The molecule has 0 aliphatic carbocycles. The van der Waals surface area contributed by atoms with Crippen LogP contribution in [0, 0.1) is 6.92 Å². The molecule has 1 unspecified atom stereocenters. The number of aromatic nitrogens is 2. The highest BCUT2D eigenvalue weighted by molar-refractivity contribution is 7.88. The molecule has 1 aliphatic rings. The van der Waals surface area contributed by atoms with Gasteiger partial charge in [0, 0.05) is 17.8 Å². The molecule has 0 saturated heterocycles. The Morgan fingerprint density at radius 3 is 2.50 bits per heavy atom. The molecule has 0 spiro atoms. The number of hydrogen-bond acceptors (Lipinski definition) is 6. The van der Waals surface area contributed by atoms with Crippen molar-refractivity contribution >= 4 is 21.5 Å². The Hall–Kier alpha value is -2.40. The fraction of sp³-hybridized carbons (Fsp3) is 0.412. The molecule has 0 bridgehead atoms. The molecular formula is C17H20F3N5O2S. The second-order valence-electron chi connectivity index (χ2n) is 6.83. The summed E-state index contributed by atoms with van der Waals surface area (Å²) in [5.74, 6) is 0.837. The molecule has 1 atom stereocenters. The number of rotatable bonds is 4. The van der Waals surface area contributed by atoms with E-state index in [0.29, 0.717) is 28.5 Å². The zero-order chi connectivity index (χ0) is 20.9. The second-order valence-corrected chi connectivity index (χ2v) is 8.81. The third-order valence-electron chi connectivity index (χ3n) is 4.49. The third kappa shape index (κ3) is 4.20. The highest BCUT2D eigenvalue weighted by Gasteiger charge is 2.32. The lowest BCUT2D eigenvalue weighted by atomic mass is 10.0. The molecule has 0 radical (unpaired) electrons. The number of nitrogens with zero attached hydrogens (tertiary/aromatic N) is 3. The Balaban J connectivity index is 1.93. The van der Waals surface area contributed by atoms with Crippen molar-refractivity contribution in [3.63, 3.8) is 0 Å². The average Bonchev–Trinajstić information content (AvgIpc) is 2.97. The van der Waals surface area contributed by atoms with Crippen LogP contribution < -0.4 is 11.1 Å². The van der Waals surface area contributed by atoms with Gasteiger partial charge in [-0.25, -0.2) is 18.4 Å². The number of nitrogens with one attached hydrogen (secondary N) is 1. The van der Waals surface area contributed by atoms with Gasteiger partial charge in [-0.15, -0.1) is 0 Å². The summed E-state index contributed by atoms with van der Waals surface area (Å²) in [5, 5.41) is 3.08. The standard InChI is InChI=1S/C17H20F3N5O2S/c1-9(11-4-12(17(18,19)20)6-13(21)5-11)22-16-14-7-25(28(3,26)27)8-15(14)23-10(2)24-16/h4-6,9H,7-8,21H2,1-3H3,(H,22,23,24). The van der Waals surface area contributed by atoms with Crippen LogP contribution in [0.5, 0.6) is 0 Å². The molecule has 1 aromatic carbocycles. The summed E-state index contributed by atoms with van der Waals surface area (Å²) in [6.07, 6.45) is -3.40. The first-order chi connectivity index (χ1) is 12.8. The first-order valence-corrected chi connectivity index (χ1v) is 10.2. The summed E-state index contributed by atoms with van der Waals surface area (Å²) < 4.78 is 64.2. The highest BCUT2D eigenvalue weighted by Crippen LogP contribution is 2.34. The number of aryl methyl sites for hydroxylation is 1. The molecule has 2 heterocycles. The monoisotopic (exact) mass is 415 g/mol. The molecule has 7 nitrogen and oxygen atoms in total. The SMILES string of the molecule is Cc1nc2c(c(NC(C)c3cc(N)cc(C(F)(F)F)c3)n1)CN(S(C)(=O)=O)C2. The number of nitrogen functional groups attached to an aromatic ring is 1. The number of halogens is 3.